The van der Waals surface area contributed by atoms with Crippen LogP contribution in [0.4, 0.5) is 11.4 Å². The summed E-state index contributed by atoms with van der Waals surface area (Å²) in [5.41, 5.74) is 7.83. The Hall–Kier alpha value is -3.36. The Morgan fingerprint density at radius 3 is 2.56 bits per heavy atom. The fourth-order valence-electron chi connectivity index (χ4n) is 5.27. The predicted molar refractivity (Wildman–Crippen MR) is 169 cm³/mol. The van der Waals surface area contributed by atoms with E-state index in [4.69, 9.17) is 27.2 Å². The van der Waals surface area contributed by atoms with Crippen LogP contribution in [0.5, 0.6) is 5.75 Å². The van der Waals surface area contributed by atoms with Gasteiger partial charge in [0.25, 0.3) is 0 Å². The summed E-state index contributed by atoms with van der Waals surface area (Å²) in [4.78, 5) is 23.0. The van der Waals surface area contributed by atoms with Crippen LogP contribution in [0.25, 0.3) is 10.4 Å². The average Bonchev–Trinajstić information content (AvgIpc) is 3.26. The van der Waals surface area contributed by atoms with Crippen molar-refractivity contribution in [1.29, 1.82) is 0 Å². The van der Waals surface area contributed by atoms with Crippen molar-refractivity contribution in [2.24, 2.45) is 5.73 Å². The second kappa shape index (κ2) is 13.5. The quantitative estimate of drug-likeness (QED) is 0.173. The largest absolute Gasteiger partial charge is 0.479 e. The number of sulfonamides is 1. The molecule has 2 heterocycles. The van der Waals surface area contributed by atoms with Crippen molar-refractivity contribution in [3.05, 3.63) is 64.0 Å². The Balaban J connectivity index is 1.47. The lowest BCUT2D eigenvalue weighted by Gasteiger charge is -2.45. The SMILES string of the molecule is CC1(C)C[C@@H](Nc2cccc(-c3sc(C(=O)O)c(OCC(=O)O)c3Cl)c2)CCN1S(=O)(=O)Cc1cccc(NCCN)c1. The number of carbonyl (C=O) groups is 2. The third kappa shape index (κ3) is 7.98. The van der Waals surface area contributed by atoms with Gasteiger partial charge >= 0.3 is 11.9 Å². The molecule has 1 saturated heterocycles. The number of ether oxygens (including phenoxy) is 1. The van der Waals surface area contributed by atoms with E-state index in [1.807, 2.05) is 44.2 Å². The first-order valence-corrected chi connectivity index (χ1v) is 16.4. The number of halogens is 1. The van der Waals surface area contributed by atoms with Crippen LogP contribution < -0.4 is 21.1 Å². The molecule has 1 fully saturated rings. The van der Waals surface area contributed by atoms with Gasteiger partial charge in [0, 0.05) is 42.6 Å². The second-order valence-electron chi connectivity index (χ2n) is 10.9. The molecule has 11 nitrogen and oxygen atoms in total. The molecule has 6 N–H and O–H groups in total. The number of rotatable bonds is 13. The van der Waals surface area contributed by atoms with Crippen molar-refractivity contribution in [2.45, 2.75) is 44.0 Å². The first-order chi connectivity index (χ1) is 20.3. The maximum absolute atomic E-state index is 13.5. The highest BCUT2D eigenvalue weighted by molar-refractivity contribution is 7.88. The van der Waals surface area contributed by atoms with Crippen molar-refractivity contribution < 1.29 is 33.0 Å². The Bertz CT molecular complexity index is 1590. The van der Waals surface area contributed by atoms with Gasteiger partial charge in [0.1, 0.15) is 5.02 Å². The second-order valence-corrected chi connectivity index (χ2v) is 14.2. The minimum absolute atomic E-state index is 0.0247. The van der Waals surface area contributed by atoms with Gasteiger partial charge in [-0.2, -0.15) is 4.31 Å². The van der Waals surface area contributed by atoms with Crippen LogP contribution >= 0.6 is 22.9 Å². The van der Waals surface area contributed by atoms with Gasteiger partial charge in [-0.25, -0.2) is 18.0 Å². The number of anilines is 2. The van der Waals surface area contributed by atoms with Gasteiger partial charge in [-0.1, -0.05) is 35.9 Å². The Morgan fingerprint density at radius 2 is 1.88 bits per heavy atom. The van der Waals surface area contributed by atoms with Crippen LogP contribution in [0.15, 0.2) is 48.5 Å². The zero-order valence-corrected chi connectivity index (χ0v) is 26.2. The fraction of sp³-hybridized carbons (Fsp3) is 0.379. The number of aromatic carboxylic acids is 1. The van der Waals surface area contributed by atoms with E-state index in [0.717, 1.165) is 22.7 Å². The molecule has 0 aliphatic carbocycles. The van der Waals surface area contributed by atoms with Crippen LogP contribution in [0.1, 0.15) is 41.9 Å². The maximum atomic E-state index is 13.5. The third-order valence-electron chi connectivity index (χ3n) is 7.03. The lowest BCUT2D eigenvalue weighted by Crippen LogP contribution is -2.55. The molecule has 2 aromatic carbocycles. The molecule has 1 aliphatic heterocycles. The van der Waals surface area contributed by atoms with Gasteiger partial charge in [-0.05, 0) is 62.1 Å². The summed E-state index contributed by atoms with van der Waals surface area (Å²) in [6.45, 7) is 4.54. The summed E-state index contributed by atoms with van der Waals surface area (Å²) >= 11 is 7.36. The molecule has 1 atom stereocenters. The van der Waals surface area contributed by atoms with Crippen LogP contribution in [-0.2, 0) is 20.6 Å². The van der Waals surface area contributed by atoms with Gasteiger partial charge in [0.05, 0.1) is 10.6 Å². The molecular weight excluding hydrogens is 616 g/mol. The van der Waals surface area contributed by atoms with Crippen molar-refractivity contribution in [2.75, 3.05) is 36.9 Å². The summed E-state index contributed by atoms with van der Waals surface area (Å²) in [6.07, 6.45) is 1.14. The molecular formula is C29H35ClN4O7S2. The number of nitrogens with two attached hydrogens (primary N) is 1. The summed E-state index contributed by atoms with van der Waals surface area (Å²) in [5.74, 6) is -2.80. The lowest BCUT2D eigenvalue weighted by molar-refractivity contribution is -0.139. The van der Waals surface area contributed by atoms with Gasteiger partial charge in [-0.15, -0.1) is 11.3 Å². The van der Waals surface area contributed by atoms with E-state index >= 15 is 0 Å². The topological polar surface area (TPSA) is 171 Å². The van der Waals surface area contributed by atoms with E-state index in [0.29, 0.717) is 48.5 Å². The van der Waals surface area contributed by atoms with Crippen molar-refractivity contribution in [1.82, 2.24) is 4.31 Å². The third-order valence-corrected chi connectivity index (χ3v) is 10.8. The van der Waals surface area contributed by atoms with Crippen molar-refractivity contribution in [3.8, 4) is 16.2 Å². The van der Waals surface area contributed by atoms with Crippen molar-refractivity contribution >= 4 is 56.3 Å². The van der Waals surface area contributed by atoms with E-state index in [9.17, 15) is 23.1 Å². The van der Waals surface area contributed by atoms with Gasteiger partial charge in [-0.3, -0.25) is 0 Å². The first-order valence-electron chi connectivity index (χ1n) is 13.6. The number of aliphatic carboxylic acids is 1. The highest BCUT2D eigenvalue weighted by Crippen LogP contribution is 2.46. The number of hydrogen-bond donors (Lipinski definition) is 5. The molecule has 4 rings (SSSR count). The molecule has 0 bridgehead atoms. The number of benzene rings is 2. The molecule has 0 amide bonds. The number of nitrogens with one attached hydrogen (secondary N) is 2. The number of thiophene rings is 1. The minimum atomic E-state index is -3.60. The maximum Gasteiger partial charge on any atom is 0.349 e. The molecule has 1 aromatic heterocycles. The molecule has 1 aliphatic rings. The predicted octanol–water partition coefficient (Wildman–Crippen LogP) is 4.79. The van der Waals surface area contributed by atoms with Crippen LogP contribution in [0, 0.1) is 0 Å². The molecule has 14 heteroatoms. The Kier molecular flexibility index (Phi) is 10.2. The number of carboxylic acids is 2. The van der Waals surface area contributed by atoms with Gasteiger partial charge < -0.3 is 31.3 Å². The van der Waals surface area contributed by atoms with Gasteiger partial charge in [0.15, 0.2) is 17.2 Å². The molecule has 0 unspecified atom stereocenters. The Morgan fingerprint density at radius 1 is 1.16 bits per heavy atom. The number of carboxylic acid groups (broad SMARTS) is 2. The van der Waals surface area contributed by atoms with E-state index in [1.54, 1.807) is 22.5 Å². The number of hydrogen-bond acceptors (Lipinski definition) is 9. The monoisotopic (exact) mass is 650 g/mol. The molecule has 3 aromatic rings. The van der Waals surface area contributed by atoms with E-state index in [2.05, 4.69) is 10.6 Å². The van der Waals surface area contributed by atoms with Gasteiger partial charge in [0.2, 0.25) is 10.0 Å². The molecule has 0 spiro atoms. The number of nitrogens with zero attached hydrogens (tertiary/aromatic N) is 1. The summed E-state index contributed by atoms with van der Waals surface area (Å²) in [7, 11) is -3.60. The molecule has 232 valence electrons. The molecule has 0 saturated carbocycles. The highest BCUT2D eigenvalue weighted by Gasteiger charge is 2.41. The normalized spacial score (nSPS) is 16.9. The average molecular weight is 651 g/mol. The zero-order chi connectivity index (χ0) is 31.4. The first kappa shape index (κ1) is 32.6. The molecule has 0 radical (unpaired) electrons. The summed E-state index contributed by atoms with van der Waals surface area (Å²) < 4.78 is 33.8. The van der Waals surface area contributed by atoms with E-state index < -0.39 is 34.1 Å². The highest BCUT2D eigenvalue weighted by atomic mass is 35.5. The van der Waals surface area contributed by atoms with Crippen LogP contribution in [0.2, 0.25) is 5.02 Å². The Labute approximate surface area is 259 Å². The zero-order valence-electron chi connectivity index (χ0n) is 23.8. The van der Waals surface area contributed by atoms with E-state index in [1.165, 1.54) is 0 Å². The number of piperidine rings is 1. The van der Waals surface area contributed by atoms with Crippen molar-refractivity contribution in [3.63, 3.8) is 0 Å². The van der Waals surface area contributed by atoms with E-state index in [-0.39, 0.29) is 27.4 Å². The minimum Gasteiger partial charge on any atom is -0.479 e. The summed E-state index contributed by atoms with van der Waals surface area (Å²) in [6, 6.07) is 14.6. The molecule has 43 heavy (non-hydrogen) atoms. The summed E-state index contributed by atoms with van der Waals surface area (Å²) in [5, 5.41) is 25.3. The van der Waals surface area contributed by atoms with Crippen LogP contribution in [0.3, 0.4) is 0 Å². The standard InChI is InChI=1S/C29H35ClN4O7S2/c1-29(2)15-22(9-12-34(29)43(39,40)17-18-5-3-7-20(13-18)32-11-10-31)33-21-8-4-6-19(14-21)26-24(30)25(41-16-23(35)36)27(42-26)28(37)38/h3-8,13-14,22,32-33H,9-12,15-17,31H2,1-2H3,(H,35,36)(H,37,38)/t22-/m0/s1. The van der Waals surface area contributed by atoms with Crippen LogP contribution in [-0.4, -0.2) is 72.7 Å². The fourth-order valence-corrected chi connectivity index (χ4v) is 8.64. The smallest absolute Gasteiger partial charge is 0.349 e. The lowest BCUT2D eigenvalue weighted by atomic mass is 9.89.